The molecule has 1 atom stereocenters. The van der Waals surface area contributed by atoms with E-state index in [9.17, 15) is 8.78 Å². The third-order valence-corrected chi connectivity index (χ3v) is 1.89. The van der Waals surface area contributed by atoms with Gasteiger partial charge in [0.1, 0.15) is 0 Å². The van der Waals surface area contributed by atoms with E-state index in [2.05, 4.69) is 5.92 Å². The van der Waals surface area contributed by atoms with Gasteiger partial charge >= 0.3 is 0 Å². The Kier molecular flexibility index (Phi) is 3.61. The predicted molar refractivity (Wildman–Crippen MR) is 52.1 cm³/mol. The van der Waals surface area contributed by atoms with Crippen LogP contribution in [0.15, 0.2) is 24.3 Å². The van der Waals surface area contributed by atoms with Crippen LogP contribution in [-0.4, -0.2) is 12.5 Å². The lowest BCUT2D eigenvalue weighted by Crippen LogP contribution is -2.30. The monoisotopic (exact) mass is 195 g/mol. The van der Waals surface area contributed by atoms with Gasteiger partial charge in [-0.3, -0.25) is 0 Å². The molecular weight excluding hydrogens is 184 g/mol. The van der Waals surface area contributed by atoms with E-state index in [0.717, 1.165) is 5.56 Å². The Morgan fingerprint density at radius 1 is 1.43 bits per heavy atom. The van der Waals surface area contributed by atoms with E-state index in [4.69, 9.17) is 12.2 Å². The normalized spacial score (nSPS) is 12.5. The molecule has 0 saturated carbocycles. The summed E-state index contributed by atoms with van der Waals surface area (Å²) < 4.78 is 24.3. The first kappa shape index (κ1) is 10.7. The van der Waals surface area contributed by atoms with Crippen LogP contribution in [0.1, 0.15) is 11.1 Å². The van der Waals surface area contributed by atoms with Gasteiger partial charge in [0.05, 0.1) is 6.04 Å². The zero-order chi connectivity index (χ0) is 10.6. The molecule has 0 bridgehead atoms. The zero-order valence-electron chi connectivity index (χ0n) is 7.58. The van der Waals surface area contributed by atoms with Crippen molar-refractivity contribution in [1.82, 2.24) is 0 Å². The van der Waals surface area contributed by atoms with Crippen molar-refractivity contribution in [2.75, 3.05) is 0 Å². The molecule has 0 amide bonds. The van der Waals surface area contributed by atoms with E-state index >= 15 is 0 Å². The number of hydrogen-bond acceptors (Lipinski definition) is 1. The minimum absolute atomic E-state index is 0.146. The summed E-state index contributed by atoms with van der Waals surface area (Å²) in [5.41, 5.74) is 6.67. The fraction of sp³-hybridized carbons (Fsp3) is 0.273. The summed E-state index contributed by atoms with van der Waals surface area (Å²) in [6, 6.07) is 5.80. The summed E-state index contributed by atoms with van der Waals surface area (Å²) in [5.74, 6) is 2.44. The number of halogens is 2. The number of hydrogen-bond donors (Lipinski definition) is 1. The van der Waals surface area contributed by atoms with E-state index in [1.165, 1.54) is 0 Å². The minimum Gasteiger partial charge on any atom is -0.323 e. The predicted octanol–water partition coefficient (Wildman–Crippen LogP) is 1.80. The van der Waals surface area contributed by atoms with E-state index in [-0.39, 0.29) is 6.42 Å². The van der Waals surface area contributed by atoms with Crippen LogP contribution < -0.4 is 5.73 Å². The van der Waals surface area contributed by atoms with Gasteiger partial charge in [0.15, 0.2) is 0 Å². The molecule has 74 valence electrons. The third-order valence-electron chi connectivity index (χ3n) is 1.89. The van der Waals surface area contributed by atoms with E-state index in [1.807, 2.05) is 0 Å². The van der Waals surface area contributed by atoms with Gasteiger partial charge in [-0.25, -0.2) is 8.78 Å². The molecule has 0 aliphatic rings. The molecule has 14 heavy (non-hydrogen) atoms. The fourth-order valence-electron chi connectivity index (χ4n) is 1.15. The number of rotatable bonds is 3. The summed E-state index contributed by atoms with van der Waals surface area (Å²) >= 11 is 0. The number of benzene rings is 1. The largest absolute Gasteiger partial charge is 0.323 e. The van der Waals surface area contributed by atoms with Crippen molar-refractivity contribution < 1.29 is 8.78 Å². The average molecular weight is 195 g/mol. The Morgan fingerprint density at radius 3 is 2.71 bits per heavy atom. The van der Waals surface area contributed by atoms with Crippen molar-refractivity contribution >= 4 is 0 Å². The van der Waals surface area contributed by atoms with Gasteiger partial charge in [0, 0.05) is 5.56 Å². The topological polar surface area (TPSA) is 26.0 Å². The fourth-order valence-corrected chi connectivity index (χ4v) is 1.15. The number of alkyl halides is 2. The van der Waals surface area contributed by atoms with E-state index < -0.39 is 12.5 Å². The van der Waals surface area contributed by atoms with Crippen molar-refractivity contribution in [1.29, 1.82) is 0 Å². The van der Waals surface area contributed by atoms with Crippen molar-refractivity contribution in [3.05, 3.63) is 35.4 Å². The summed E-state index contributed by atoms with van der Waals surface area (Å²) in [6.07, 6.45) is 2.83. The molecule has 1 aromatic carbocycles. The Bertz CT molecular complexity index is 341. The third kappa shape index (κ3) is 2.82. The first-order valence-corrected chi connectivity index (χ1v) is 4.22. The molecule has 0 aliphatic heterocycles. The van der Waals surface area contributed by atoms with Gasteiger partial charge in [-0.05, 0) is 24.1 Å². The first-order valence-electron chi connectivity index (χ1n) is 4.22. The Labute approximate surface area is 81.9 Å². The van der Waals surface area contributed by atoms with Crippen LogP contribution in [-0.2, 0) is 6.42 Å². The summed E-state index contributed by atoms with van der Waals surface area (Å²) in [5, 5.41) is 0. The highest BCUT2D eigenvalue weighted by atomic mass is 19.3. The minimum atomic E-state index is -2.50. The lowest BCUT2D eigenvalue weighted by molar-refractivity contribution is 0.116. The van der Waals surface area contributed by atoms with Crippen LogP contribution in [0.3, 0.4) is 0 Å². The maximum absolute atomic E-state index is 12.1. The van der Waals surface area contributed by atoms with Gasteiger partial charge in [-0.15, -0.1) is 6.42 Å². The van der Waals surface area contributed by atoms with Gasteiger partial charge in [-0.2, -0.15) is 0 Å². The van der Waals surface area contributed by atoms with Gasteiger partial charge < -0.3 is 5.73 Å². The highest BCUT2D eigenvalue weighted by molar-refractivity contribution is 5.35. The Hall–Kier alpha value is -1.40. The molecule has 1 rings (SSSR count). The van der Waals surface area contributed by atoms with Crippen LogP contribution in [0.2, 0.25) is 0 Å². The van der Waals surface area contributed by atoms with Crippen LogP contribution in [0.4, 0.5) is 8.78 Å². The molecule has 1 nitrogen and oxygen atoms in total. The standard InChI is InChI=1S/C11H11F2N/c1-2-8-4-3-5-9(6-8)7-10(14)11(12)13/h1,3-6,10-11H,7,14H2. The highest BCUT2D eigenvalue weighted by Crippen LogP contribution is 2.09. The molecule has 2 N–H and O–H groups in total. The van der Waals surface area contributed by atoms with Crippen molar-refractivity contribution in [3.8, 4) is 12.3 Å². The van der Waals surface area contributed by atoms with E-state index in [0.29, 0.717) is 5.56 Å². The molecule has 0 heterocycles. The molecular formula is C11H11F2N. The highest BCUT2D eigenvalue weighted by Gasteiger charge is 2.15. The molecule has 1 unspecified atom stereocenters. The molecule has 0 fully saturated rings. The molecule has 0 aliphatic carbocycles. The second kappa shape index (κ2) is 4.73. The molecule has 1 aromatic rings. The Morgan fingerprint density at radius 2 is 2.14 bits per heavy atom. The van der Waals surface area contributed by atoms with Gasteiger partial charge in [0.25, 0.3) is 6.43 Å². The molecule has 3 heteroatoms. The second-order valence-electron chi connectivity index (χ2n) is 3.05. The van der Waals surface area contributed by atoms with Crippen molar-refractivity contribution in [3.63, 3.8) is 0 Å². The lowest BCUT2D eigenvalue weighted by Gasteiger charge is -2.10. The molecule has 0 spiro atoms. The lowest BCUT2D eigenvalue weighted by atomic mass is 10.0. The van der Waals surface area contributed by atoms with E-state index in [1.54, 1.807) is 24.3 Å². The maximum Gasteiger partial charge on any atom is 0.253 e. The summed E-state index contributed by atoms with van der Waals surface area (Å²) in [4.78, 5) is 0. The van der Waals surface area contributed by atoms with Gasteiger partial charge in [0.2, 0.25) is 0 Å². The zero-order valence-corrected chi connectivity index (χ0v) is 7.58. The second-order valence-corrected chi connectivity index (χ2v) is 3.05. The quantitative estimate of drug-likeness (QED) is 0.731. The summed E-state index contributed by atoms with van der Waals surface area (Å²) in [7, 11) is 0. The maximum atomic E-state index is 12.1. The van der Waals surface area contributed by atoms with Crippen LogP contribution >= 0.6 is 0 Å². The van der Waals surface area contributed by atoms with Crippen molar-refractivity contribution in [2.45, 2.75) is 18.9 Å². The Balaban J connectivity index is 2.73. The first-order chi connectivity index (χ1) is 6.63. The van der Waals surface area contributed by atoms with Crippen LogP contribution in [0.5, 0.6) is 0 Å². The summed E-state index contributed by atoms with van der Waals surface area (Å²) in [6.45, 7) is 0. The van der Waals surface area contributed by atoms with Crippen LogP contribution in [0.25, 0.3) is 0 Å². The average Bonchev–Trinajstić information content (AvgIpc) is 2.18. The van der Waals surface area contributed by atoms with Crippen molar-refractivity contribution in [2.24, 2.45) is 5.73 Å². The van der Waals surface area contributed by atoms with Gasteiger partial charge in [-0.1, -0.05) is 18.1 Å². The molecule has 0 aromatic heterocycles. The molecule has 0 radical (unpaired) electrons. The smallest absolute Gasteiger partial charge is 0.253 e. The molecule has 0 saturated heterocycles. The van der Waals surface area contributed by atoms with Crippen LogP contribution in [0, 0.1) is 12.3 Å². The number of terminal acetylenes is 1. The number of nitrogens with two attached hydrogens (primary N) is 1. The SMILES string of the molecule is C#Cc1cccc(CC(N)C(F)F)c1.